The van der Waals surface area contributed by atoms with E-state index in [1.54, 1.807) is 0 Å². The average Bonchev–Trinajstić information content (AvgIpc) is 2.76. The molecule has 12 heteroatoms. The topological polar surface area (TPSA) is 211 Å². The highest BCUT2D eigenvalue weighted by atomic mass is 16.7. The second-order valence-electron chi connectivity index (χ2n) is 7.45. The van der Waals surface area contributed by atoms with Gasteiger partial charge in [-0.3, -0.25) is 4.79 Å². The highest BCUT2D eigenvalue weighted by Crippen LogP contribution is 2.39. The normalized spacial score (nSPS) is 25.3. The van der Waals surface area contributed by atoms with Gasteiger partial charge in [0.2, 0.25) is 17.5 Å². The molecular weight excluding hydrogens is 444 g/mol. The molecule has 0 aliphatic carbocycles. The zero-order valence-corrected chi connectivity index (χ0v) is 16.7. The zero-order chi connectivity index (χ0) is 24.0. The van der Waals surface area contributed by atoms with Crippen LogP contribution in [0.25, 0.3) is 22.3 Å². The summed E-state index contributed by atoms with van der Waals surface area (Å²) in [5.41, 5.74) is -1.19. The standard InChI is InChI=1S/C21H20O12/c22-6-13-15(27)17(29)18(30)21(32-13)33-20-16(28)14-11(26)4-8(23)5-12(14)31-19(20)7-1-2-9(24)10(25)3-7/h1-5,13,15,17-18,21-27,29-30H,6H2/t13-,15-,17+,18-,21-/m1/s1. The summed E-state index contributed by atoms with van der Waals surface area (Å²) in [5.74, 6) is -3.05. The van der Waals surface area contributed by atoms with Crippen molar-refractivity contribution in [2.24, 2.45) is 0 Å². The lowest BCUT2D eigenvalue weighted by atomic mass is 9.99. The van der Waals surface area contributed by atoms with E-state index in [1.165, 1.54) is 6.07 Å². The largest absolute Gasteiger partial charge is 0.508 e. The summed E-state index contributed by atoms with van der Waals surface area (Å²) in [4.78, 5) is 13.2. The number of aliphatic hydroxyl groups is 4. The van der Waals surface area contributed by atoms with Crippen molar-refractivity contribution in [2.75, 3.05) is 6.61 Å². The molecule has 0 bridgehead atoms. The summed E-state index contributed by atoms with van der Waals surface area (Å²) in [5, 5.41) is 78.7. The van der Waals surface area contributed by atoms with E-state index < -0.39 is 71.5 Å². The predicted molar refractivity (Wildman–Crippen MR) is 109 cm³/mol. The third-order valence-electron chi connectivity index (χ3n) is 5.24. The minimum absolute atomic E-state index is 0.0201. The van der Waals surface area contributed by atoms with E-state index in [0.29, 0.717) is 0 Å². The molecule has 0 unspecified atom stereocenters. The van der Waals surface area contributed by atoms with Gasteiger partial charge in [-0.25, -0.2) is 0 Å². The number of ether oxygens (including phenoxy) is 2. The minimum atomic E-state index is -1.85. The zero-order valence-electron chi connectivity index (χ0n) is 16.7. The predicted octanol–water partition coefficient (Wildman–Crippen LogP) is -0.539. The summed E-state index contributed by atoms with van der Waals surface area (Å²) in [7, 11) is 0. The van der Waals surface area contributed by atoms with Crippen molar-refractivity contribution >= 4 is 11.0 Å². The van der Waals surface area contributed by atoms with Crippen LogP contribution in [0.1, 0.15) is 0 Å². The summed E-state index contributed by atoms with van der Waals surface area (Å²) in [6.07, 6.45) is -8.40. The molecule has 4 rings (SSSR count). The number of aliphatic hydroxyl groups excluding tert-OH is 4. The number of aromatic hydroxyl groups is 4. The number of benzene rings is 2. The molecular formula is C21H20O12. The van der Waals surface area contributed by atoms with Crippen molar-refractivity contribution in [1.29, 1.82) is 0 Å². The Morgan fingerprint density at radius 1 is 0.879 bits per heavy atom. The Balaban J connectivity index is 1.91. The minimum Gasteiger partial charge on any atom is -0.508 e. The Labute approximate surface area is 184 Å². The molecule has 33 heavy (non-hydrogen) atoms. The quantitative estimate of drug-likeness (QED) is 0.229. The Morgan fingerprint density at radius 3 is 2.27 bits per heavy atom. The number of fused-ring (bicyclic) bond motifs is 1. The van der Waals surface area contributed by atoms with Gasteiger partial charge >= 0.3 is 0 Å². The Hall–Kier alpha value is -3.55. The van der Waals surface area contributed by atoms with Crippen molar-refractivity contribution in [3.05, 3.63) is 40.6 Å². The van der Waals surface area contributed by atoms with Gasteiger partial charge < -0.3 is 54.7 Å². The van der Waals surface area contributed by atoms with Crippen molar-refractivity contribution < 1.29 is 54.7 Å². The monoisotopic (exact) mass is 464 g/mol. The Bertz CT molecular complexity index is 1250. The van der Waals surface area contributed by atoms with E-state index in [2.05, 4.69) is 0 Å². The van der Waals surface area contributed by atoms with Gasteiger partial charge in [0.25, 0.3) is 0 Å². The summed E-state index contributed by atoms with van der Waals surface area (Å²) in [6.45, 7) is -0.740. The van der Waals surface area contributed by atoms with E-state index in [4.69, 9.17) is 13.9 Å². The van der Waals surface area contributed by atoms with Crippen LogP contribution in [-0.2, 0) is 4.74 Å². The second-order valence-corrected chi connectivity index (χ2v) is 7.45. The van der Waals surface area contributed by atoms with Crippen LogP contribution in [0.3, 0.4) is 0 Å². The molecule has 8 N–H and O–H groups in total. The van der Waals surface area contributed by atoms with E-state index in [0.717, 1.165) is 24.3 Å². The molecule has 1 aliphatic rings. The van der Waals surface area contributed by atoms with Gasteiger partial charge in [0.05, 0.1) is 6.61 Å². The smallest absolute Gasteiger partial charge is 0.239 e. The molecule has 2 heterocycles. The van der Waals surface area contributed by atoms with Crippen molar-refractivity contribution in [3.8, 4) is 40.1 Å². The van der Waals surface area contributed by atoms with Crippen molar-refractivity contribution in [2.45, 2.75) is 30.7 Å². The Morgan fingerprint density at radius 2 is 1.61 bits per heavy atom. The first-order valence-corrected chi connectivity index (χ1v) is 9.64. The first-order chi connectivity index (χ1) is 15.6. The van der Waals surface area contributed by atoms with Gasteiger partial charge in [0.15, 0.2) is 17.3 Å². The summed E-state index contributed by atoms with van der Waals surface area (Å²) >= 11 is 0. The van der Waals surface area contributed by atoms with E-state index in [-0.39, 0.29) is 22.3 Å². The van der Waals surface area contributed by atoms with Gasteiger partial charge in [-0.15, -0.1) is 0 Å². The van der Waals surface area contributed by atoms with Gasteiger partial charge in [0.1, 0.15) is 46.9 Å². The molecule has 1 aromatic heterocycles. The highest BCUT2D eigenvalue weighted by molar-refractivity contribution is 5.88. The van der Waals surface area contributed by atoms with Crippen LogP contribution >= 0.6 is 0 Å². The number of hydrogen-bond acceptors (Lipinski definition) is 12. The average molecular weight is 464 g/mol. The molecule has 0 saturated carbocycles. The van der Waals surface area contributed by atoms with Gasteiger partial charge in [-0.2, -0.15) is 0 Å². The first kappa shape index (κ1) is 22.6. The SMILES string of the molecule is O=c1c(O[C@H]2O[C@H](CO)[C@@H](O)[C@H](O)[C@H]2O)c(-c2ccc(O)c(O)c2)oc2cc(O)cc(O)c12. The van der Waals surface area contributed by atoms with Crippen LogP contribution in [-0.4, -0.2) is 78.2 Å². The fourth-order valence-corrected chi connectivity index (χ4v) is 3.51. The summed E-state index contributed by atoms with van der Waals surface area (Å²) in [6, 6.07) is 5.36. The molecule has 1 aliphatic heterocycles. The van der Waals surface area contributed by atoms with Crippen molar-refractivity contribution in [3.63, 3.8) is 0 Å². The lowest BCUT2D eigenvalue weighted by Gasteiger charge is -2.39. The van der Waals surface area contributed by atoms with E-state index in [1.807, 2.05) is 0 Å². The van der Waals surface area contributed by atoms with Crippen LogP contribution in [0.2, 0.25) is 0 Å². The molecule has 176 valence electrons. The lowest BCUT2D eigenvalue weighted by Crippen LogP contribution is -2.60. The van der Waals surface area contributed by atoms with Crippen LogP contribution < -0.4 is 10.2 Å². The molecule has 5 atom stereocenters. The van der Waals surface area contributed by atoms with Crippen LogP contribution in [0.5, 0.6) is 28.7 Å². The third kappa shape index (κ3) is 3.90. The van der Waals surface area contributed by atoms with Crippen LogP contribution in [0.15, 0.2) is 39.5 Å². The highest BCUT2D eigenvalue weighted by Gasteiger charge is 2.45. The van der Waals surface area contributed by atoms with Crippen molar-refractivity contribution in [1.82, 2.24) is 0 Å². The maximum absolute atomic E-state index is 13.2. The molecule has 1 fully saturated rings. The molecule has 3 aromatic rings. The van der Waals surface area contributed by atoms with E-state index >= 15 is 0 Å². The van der Waals surface area contributed by atoms with E-state index in [9.17, 15) is 45.6 Å². The van der Waals surface area contributed by atoms with Crippen LogP contribution in [0, 0.1) is 0 Å². The lowest BCUT2D eigenvalue weighted by molar-refractivity contribution is -0.277. The van der Waals surface area contributed by atoms with Crippen LogP contribution in [0.4, 0.5) is 0 Å². The molecule has 2 aromatic carbocycles. The van der Waals surface area contributed by atoms with Gasteiger partial charge in [-0.1, -0.05) is 0 Å². The fraction of sp³-hybridized carbons (Fsp3) is 0.286. The number of phenols is 4. The fourth-order valence-electron chi connectivity index (χ4n) is 3.51. The third-order valence-corrected chi connectivity index (χ3v) is 5.24. The molecule has 0 spiro atoms. The summed E-state index contributed by atoms with van der Waals surface area (Å²) < 4.78 is 16.5. The molecule has 12 nitrogen and oxygen atoms in total. The maximum atomic E-state index is 13.2. The number of hydrogen-bond donors (Lipinski definition) is 8. The van der Waals surface area contributed by atoms with Gasteiger partial charge in [0, 0.05) is 17.7 Å². The van der Waals surface area contributed by atoms with Gasteiger partial charge in [-0.05, 0) is 18.2 Å². The first-order valence-electron chi connectivity index (χ1n) is 9.64. The molecule has 0 amide bonds. The second kappa shape index (κ2) is 8.42. The molecule has 0 radical (unpaired) electrons. The Kier molecular flexibility index (Phi) is 5.78. The maximum Gasteiger partial charge on any atom is 0.239 e. The number of phenolic OH excluding ortho intramolecular Hbond substituents is 4. The molecule has 1 saturated heterocycles. The number of rotatable bonds is 4.